The second kappa shape index (κ2) is 5.49. The molecule has 1 aromatic rings. The van der Waals surface area contributed by atoms with Crippen LogP contribution in [0.1, 0.15) is 20.8 Å². The molecule has 0 spiro atoms. The predicted octanol–water partition coefficient (Wildman–Crippen LogP) is 2.12. The third kappa shape index (κ3) is 2.65. The van der Waals surface area contributed by atoms with Crippen LogP contribution in [0.3, 0.4) is 0 Å². The van der Waals surface area contributed by atoms with Crippen LogP contribution in [-0.4, -0.2) is 17.5 Å². The summed E-state index contributed by atoms with van der Waals surface area (Å²) >= 11 is 0. The van der Waals surface area contributed by atoms with Gasteiger partial charge < -0.3 is 10.3 Å². The molecule has 0 fully saturated rings. The Kier molecular flexibility index (Phi) is 4.28. The second-order valence-electron chi connectivity index (χ2n) is 3.95. The lowest BCUT2D eigenvalue weighted by atomic mass is 10.2. The summed E-state index contributed by atoms with van der Waals surface area (Å²) in [6, 6.07) is 5.27. The molecule has 0 aliphatic heterocycles. The molecule has 0 unspecified atom stereocenters. The summed E-state index contributed by atoms with van der Waals surface area (Å²) < 4.78 is 0. The van der Waals surface area contributed by atoms with Gasteiger partial charge >= 0.3 is 5.69 Å². The largest absolute Gasteiger partial charge is 0.364 e. The van der Waals surface area contributed by atoms with Gasteiger partial charge in [-0.15, -0.1) is 0 Å². The number of hydrogen-bond donors (Lipinski definition) is 2. The number of hydrogen-bond acceptors (Lipinski definition) is 5. The first-order chi connectivity index (χ1) is 8.02. The lowest BCUT2D eigenvalue weighted by Gasteiger charge is -2.27. The molecular formula is C11H18N4O2. The number of rotatable bonds is 5. The molecule has 0 bridgehead atoms. The highest BCUT2D eigenvalue weighted by molar-refractivity contribution is 5.76. The normalized spacial score (nSPS) is 10.4. The Labute approximate surface area is 101 Å². The summed E-state index contributed by atoms with van der Waals surface area (Å²) in [6.07, 6.45) is 0. The fourth-order valence-corrected chi connectivity index (χ4v) is 1.89. The molecule has 1 rings (SSSR count). The minimum absolute atomic E-state index is 0.0190. The fraction of sp³-hybridized carbons (Fsp3) is 0.455. The number of anilines is 2. The molecule has 0 aromatic heterocycles. The molecule has 6 heteroatoms. The third-order valence-electron chi connectivity index (χ3n) is 2.63. The summed E-state index contributed by atoms with van der Waals surface area (Å²) in [6.45, 7) is 6.66. The Morgan fingerprint density at radius 1 is 1.53 bits per heavy atom. The standard InChI is InChI=1S/C11H18N4O2/c1-4-14(8(2)3)10-7-5-6-9(13-12)11(10)15(16)17/h5-8,13H,4,12H2,1-3H3. The fourth-order valence-electron chi connectivity index (χ4n) is 1.89. The number of hydrazine groups is 1. The number of nitrogens with zero attached hydrogens (tertiary/aromatic N) is 2. The zero-order valence-electron chi connectivity index (χ0n) is 10.3. The van der Waals surface area contributed by atoms with Crippen LogP contribution in [0.25, 0.3) is 0 Å². The second-order valence-corrected chi connectivity index (χ2v) is 3.95. The number of nitro benzene ring substituents is 1. The zero-order valence-corrected chi connectivity index (χ0v) is 10.3. The smallest absolute Gasteiger partial charge is 0.316 e. The van der Waals surface area contributed by atoms with Crippen molar-refractivity contribution >= 4 is 17.1 Å². The summed E-state index contributed by atoms with van der Waals surface area (Å²) in [5, 5.41) is 11.1. The summed E-state index contributed by atoms with van der Waals surface area (Å²) in [4.78, 5) is 12.7. The van der Waals surface area contributed by atoms with Crippen LogP contribution in [0.4, 0.5) is 17.1 Å². The van der Waals surface area contributed by atoms with Crippen LogP contribution in [0, 0.1) is 10.1 Å². The summed E-state index contributed by atoms with van der Waals surface area (Å²) in [5.74, 6) is 5.30. The lowest BCUT2D eigenvalue weighted by molar-refractivity contribution is -0.383. The van der Waals surface area contributed by atoms with Gasteiger partial charge in [0.1, 0.15) is 11.4 Å². The maximum Gasteiger partial charge on any atom is 0.316 e. The van der Waals surface area contributed by atoms with E-state index >= 15 is 0 Å². The first-order valence-corrected chi connectivity index (χ1v) is 5.53. The van der Waals surface area contributed by atoms with Crippen molar-refractivity contribution in [2.24, 2.45) is 5.84 Å². The van der Waals surface area contributed by atoms with Crippen molar-refractivity contribution in [3.8, 4) is 0 Å². The number of para-hydroxylation sites is 1. The molecule has 0 aliphatic carbocycles. The molecule has 94 valence electrons. The number of nitro groups is 1. The highest BCUT2D eigenvalue weighted by Crippen LogP contribution is 2.35. The van der Waals surface area contributed by atoms with E-state index in [2.05, 4.69) is 5.43 Å². The van der Waals surface area contributed by atoms with Crippen molar-refractivity contribution in [3.63, 3.8) is 0 Å². The van der Waals surface area contributed by atoms with Gasteiger partial charge in [0.15, 0.2) is 0 Å². The first-order valence-electron chi connectivity index (χ1n) is 5.53. The molecule has 6 nitrogen and oxygen atoms in total. The van der Waals surface area contributed by atoms with Crippen LogP contribution in [0.2, 0.25) is 0 Å². The van der Waals surface area contributed by atoms with E-state index in [9.17, 15) is 10.1 Å². The molecule has 0 saturated heterocycles. The highest BCUT2D eigenvalue weighted by atomic mass is 16.6. The van der Waals surface area contributed by atoms with Gasteiger partial charge in [0.2, 0.25) is 0 Å². The topological polar surface area (TPSA) is 84.4 Å². The Morgan fingerprint density at radius 3 is 2.59 bits per heavy atom. The number of nitrogens with one attached hydrogen (secondary N) is 1. The first kappa shape index (κ1) is 13.2. The Morgan fingerprint density at radius 2 is 2.18 bits per heavy atom. The molecule has 0 atom stereocenters. The minimum Gasteiger partial charge on any atom is -0.364 e. The van der Waals surface area contributed by atoms with E-state index in [1.807, 2.05) is 25.7 Å². The predicted molar refractivity (Wildman–Crippen MR) is 69.1 cm³/mol. The molecule has 1 aromatic carbocycles. The molecule has 0 heterocycles. The molecular weight excluding hydrogens is 220 g/mol. The van der Waals surface area contributed by atoms with E-state index in [4.69, 9.17) is 5.84 Å². The van der Waals surface area contributed by atoms with Crippen LogP contribution in [-0.2, 0) is 0 Å². The van der Waals surface area contributed by atoms with Crippen molar-refractivity contribution in [1.29, 1.82) is 0 Å². The van der Waals surface area contributed by atoms with Gasteiger partial charge in [-0.05, 0) is 32.9 Å². The molecule has 0 amide bonds. The molecule has 0 saturated carbocycles. The SMILES string of the molecule is CCN(c1cccc(NN)c1[N+](=O)[O-])C(C)C. The van der Waals surface area contributed by atoms with E-state index in [1.54, 1.807) is 18.2 Å². The average Bonchev–Trinajstić information content (AvgIpc) is 2.28. The van der Waals surface area contributed by atoms with E-state index in [1.165, 1.54) is 0 Å². The van der Waals surface area contributed by atoms with E-state index in [0.717, 1.165) is 0 Å². The van der Waals surface area contributed by atoms with Gasteiger partial charge in [0.25, 0.3) is 0 Å². The Balaban J connectivity index is 3.36. The van der Waals surface area contributed by atoms with Gasteiger partial charge in [-0.3, -0.25) is 16.0 Å². The number of nitrogens with two attached hydrogens (primary N) is 1. The Hall–Kier alpha value is -1.82. The van der Waals surface area contributed by atoms with Gasteiger partial charge in [-0.1, -0.05) is 6.07 Å². The lowest BCUT2D eigenvalue weighted by Crippen LogP contribution is -2.31. The van der Waals surface area contributed by atoms with Gasteiger partial charge in [-0.25, -0.2) is 0 Å². The monoisotopic (exact) mass is 238 g/mol. The maximum absolute atomic E-state index is 11.1. The van der Waals surface area contributed by atoms with Crippen molar-refractivity contribution < 1.29 is 4.92 Å². The third-order valence-corrected chi connectivity index (χ3v) is 2.63. The quantitative estimate of drug-likeness (QED) is 0.466. The van der Waals surface area contributed by atoms with Crippen molar-refractivity contribution in [2.75, 3.05) is 16.9 Å². The molecule has 0 aliphatic rings. The number of benzene rings is 1. The van der Waals surface area contributed by atoms with E-state index < -0.39 is 4.92 Å². The van der Waals surface area contributed by atoms with Crippen LogP contribution in [0.15, 0.2) is 18.2 Å². The number of nitrogen functional groups attached to an aromatic ring is 1. The van der Waals surface area contributed by atoms with Crippen LogP contribution in [0.5, 0.6) is 0 Å². The minimum atomic E-state index is -0.407. The zero-order chi connectivity index (χ0) is 13.0. The molecule has 17 heavy (non-hydrogen) atoms. The van der Waals surface area contributed by atoms with Gasteiger partial charge in [0.05, 0.1) is 4.92 Å². The van der Waals surface area contributed by atoms with Gasteiger partial charge in [-0.2, -0.15) is 0 Å². The molecule has 0 radical (unpaired) electrons. The summed E-state index contributed by atoms with van der Waals surface area (Å²) in [7, 11) is 0. The maximum atomic E-state index is 11.1. The van der Waals surface area contributed by atoms with Crippen LogP contribution >= 0.6 is 0 Å². The van der Waals surface area contributed by atoms with Crippen molar-refractivity contribution in [1.82, 2.24) is 0 Å². The summed E-state index contributed by atoms with van der Waals surface area (Å²) in [5.41, 5.74) is 3.30. The van der Waals surface area contributed by atoms with E-state index in [-0.39, 0.29) is 11.7 Å². The van der Waals surface area contributed by atoms with E-state index in [0.29, 0.717) is 17.9 Å². The van der Waals surface area contributed by atoms with Gasteiger partial charge in [0, 0.05) is 12.6 Å². The molecule has 3 N–H and O–H groups in total. The van der Waals surface area contributed by atoms with Crippen molar-refractivity contribution in [2.45, 2.75) is 26.8 Å². The Bertz CT molecular complexity index is 406. The van der Waals surface area contributed by atoms with Crippen molar-refractivity contribution in [3.05, 3.63) is 28.3 Å². The average molecular weight is 238 g/mol. The highest BCUT2D eigenvalue weighted by Gasteiger charge is 2.23. The van der Waals surface area contributed by atoms with Crippen LogP contribution < -0.4 is 16.2 Å².